The number of likely N-dealkylation sites (tertiary alicyclic amines) is 1. The van der Waals surface area contributed by atoms with Crippen LogP contribution in [-0.2, 0) is 11.8 Å². The zero-order chi connectivity index (χ0) is 33.2. The number of anilines is 2. The van der Waals surface area contributed by atoms with E-state index in [2.05, 4.69) is 200 Å². The summed E-state index contributed by atoms with van der Waals surface area (Å²) in [5, 5.41) is 1.35. The summed E-state index contributed by atoms with van der Waals surface area (Å²) >= 11 is 0. The minimum atomic E-state index is -0.159. The summed E-state index contributed by atoms with van der Waals surface area (Å²) in [6.07, 6.45) is 33.9. The second-order valence-electron chi connectivity index (χ2n) is 15.8. The van der Waals surface area contributed by atoms with E-state index in [-0.39, 0.29) is 27.8 Å². The van der Waals surface area contributed by atoms with Gasteiger partial charge in [0, 0.05) is 62.0 Å². The van der Waals surface area contributed by atoms with E-state index in [4.69, 9.17) is 0 Å². The molecule has 3 nitrogen and oxygen atoms in total. The van der Waals surface area contributed by atoms with Crippen molar-refractivity contribution in [2.24, 2.45) is 10.8 Å². The lowest BCUT2D eigenvalue weighted by Crippen LogP contribution is -2.54. The Labute approximate surface area is 290 Å². The standard InChI is InChI=1S/C46H43N3/c1-43(49-41-23-10-13-27-45(41,3)46(4)28-14-11-24-42(46)49)29-25-38-35(31-43)34-18-5-7-20-37(34)47(38)32-16-15-17-33(30-32)48-39-21-8-6-19-36(39)44(2)26-12-9-22-40(44)48/h5-30,40-42H,31H2,1-4H3. The third kappa shape index (κ3) is 3.67. The molecule has 0 spiro atoms. The molecule has 2 aliphatic heterocycles. The van der Waals surface area contributed by atoms with Crippen LogP contribution in [0.15, 0.2) is 152 Å². The molecule has 4 aliphatic carbocycles. The SMILES string of the molecule is CC12C=CC=CC1N(c1cccc(-n3c4c(c5ccccc53)CC(C)(N3C5C=CC=CC5(C)C5(C)C=CC=CC35)C=C4)c1)c1ccccc12. The van der Waals surface area contributed by atoms with Gasteiger partial charge in [-0.3, -0.25) is 4.90 Å². The number of rotatable bonds is 3. The molecule has 1 saturated heterocycles. The summed E-state index contributed by atoms with van der Waals surface area (Å²) in [6, 6.07) is 28.0. The van der Waals surface area contributed by atoms with Gasteiger partial charge in [-0.1, -0.05) is 135 Å². The number of para-hydroxylation sites is 2. The molecule has 7 atom stereocenters. The Hall–Kier alpha value is -4.86. The highest BCUT2D eigenvalue weighted by Crippen LogP contribution is 2.61. The Balaban J connectivity index is 1.10. The highest BCUT2D eigenvalue weighted by molar-refractivity contribution is 5.91. The van der Waals surface area contributed by atoms with E-state index < -0.39 is 0 Å². The summed E-state index contributed by atoms with van der Waals surface area (Å²) < 4.78 is 2.51. The summed E-state index contributed by atoms with van der Waals surface area (Å²) in [6.45, 7) is 9.78. The van der Waals surface area contributed by atoms with Gasteiger partial charge in [0.2, 0.25) is 0 Å². The van der Waals surface area contributed by atoms with Gasteiger partial charge in [0.25, 0.3) is 0 Å². The second kappa shape index (κ2) is 9.86. The van der Waals surface area contributed by atoms with Gasteiger partial charge < -0.3 is 9.47 Å². The van der Waals surface area contributed by atoms with Crippen molar-refractivity contribution in [1.29, 1.82) is 0 Å². The van der Waals surface area contributed by atoms with Crippen LogP contribution in [0.4, 0.5) is 11.4 Å². The van der Waals surface area contributed by atoms with Gasteiger partial charge in [-0.15, -0.1) is 0 Å². The van der Waals surface area contributed by atoms with E-state index in [1.165, 1.54) is 44.8 Å². The van der Waals surface area contributed by atoms with Crippen LogP contribution in [-0.4, -0.2) is 33.1 Å². The zero-order valence-electron chi connectivity index (χ0n) is 28.8. The molecule has 242 valence electrons. The van der Waals surface area contributed by atoms with Gasteiger partial charge >= 0.3 is 0 Å². The van der Waals surface area contributed by atoms with E-state index in [9.17, 15) is 0 Å². The van der Waals surface area contributed by atoms with Crippen molar-refractivity contribution in [1.82, 2.24) is 9.47 Å². The lowest BCUT2D eigenvalue weighted by atomic mass is 9.60. The first-order valence-corrected chi connectivity index (χ1v) is 17.9. The number of fused-ring (bicyclic) bond motifs is 9. The number of hydrogen-bond donors (Lipinski definition) is 0. The molecule has 0 bridgehead atoms. The van der Waals surface area contributed by atoms with Crippen molar-refractivity contribution in [3.63, 3.8) is 0 Å². The van der Waals surface area contributed by atoms with Gasteiger partial charge in [-0.05, 0) is 67.8 Å². The van der Waals surface area contributed by atoms with Gasteiger partial charge in [0.05, 0.1) is 11.6 Å². The lowest BCUT2D eigenvalue weighted by molar-refractivity contribution is 0.102. The fourth-order valence-electron chi connectivity index (χ4n) is 10.5. The maximum absolute atomic E-state index is 2.83. The predicted octanol–water partition coefficient (Wildman–Crippen LogP) is 10.2. The maximum atomic E-state index is 2.83. The summed E-state index contributed by atoms with van der Waals surface area (Å²) in [5.74, 6) is 0. The third-order valence-electron chi connectivity index (χ3n) is 13.3. The Kier molecular flexibility index (Phi) is 5.85. The molecule has 3 heteroatoms. The van der Waals surface area contributed by atoms with Crippen molar-refractivity contribution in [2.75, 3.05) is 4.90 Å². The highest BCUT2D eigenvalue weighted by atomic mass is 15.3. The first-order chi connectivity index (χ1) is 23.8. The second-order valence-corrected chi connectivity index (χ2v) is 15.8. The number of nitrogens with zero attached hydrogens (tertiary/aromatic N) is 3. The monoisotopic (exact) mass is 637 g/mol. The van der Waals surface area contributed by atoms with Crippen LogP contribution in [0.3, 0.4) is 0 Å². The quantitative estimate of drug-likeness (QED) is 0.222. The average Bonchev–Trinajstić information content (AvgIpc) is 3.67. The molecule has 7 unspecified atom stereocenters. The Morgan fingerprint density at radius 1 is 0.612 bits per heavy atom. The van der Waals surface area contributed by atoms with E-state index in [0.29, 0.717) is 12.1 Å². The molecule has 6 aliphatic rings. The normalized spacial score (nSPS) is 34.7. The number of allylic oxidation sites excluding steroid dienone is 6. The van der Waals surface area contributed by atoms with Gasteiger partial charge in [0.15, 0.2) is 0 Å². The molecule has 0 saturated carbocycles. The Morgan fingerprint density at radius 2 is 1.27 bits per heavy atom. The molecule has 10 rings (SSSR count). The van der Waals surface area contributed by atoms with E-state index in [1.54, 1.807) is 0 Å². The molecular weight excluding hydrogens is 595 g/mol. The Bertz CT molecular complexity index is 2230. The zero-order valence-corrected chi connectivity index (χ0v) is 28.8. The maximum Gasteiger partial charge on any atom is 0.0655 e. The number of aromatic nitrogens is 1. The number of hydrogen-bond acceptors (Lipinski definition) is 2. The largest absolute Gasteiger partial charge is 0.333 e. The smallest absolute Gasteiger partial charge is 0.0655 e. The van der Waals surface area contributed by atoms with Crippen LogP contribution >= 0.6 is 0 Å². The van der Waals surface area contributed by atoms with Crippen LogP contribution in [0.1, 0.15) is 44.5 Å². The molecule has 49 heavy (non-hydrogen) atoms. The third-order valence-corrected chi connectivity index (χ3v) is 13.3. The van der Waals surface area contributed by atoms with Crippen LogP contribution in [0.2, 0.25) is 0 Å². The number of benzene rings is 3. The molecule has 1 aromatic heterocycles. The molecule has 3 aromatic carbocycles. The van der Waals surface area contributed by atoms with Crippen LogP contribution in [0.25, 0.3) is 22.7 Å². The first-order valence-electron chi connectivity index (χ1n) is 17.9. The summed E-state index contributed by atoms with van der Waals surface area (Å²) in [7, 11) is 0. The van der Waals surface area contributed by atoms with Gasteiger partial charge in [-0.25, -0.2) is 0 Å². The fraction of sp³-hybridized carbons (Fsp3) is 0.261. The molecular formula is C46H43N3. The topological polar surface area (TPSA) is 11.4 Å². The molecule has 0 N–H and O–H groups in total. The molecule has 0 amide bonds. The minimum absolute atomic E-state index is 0.00677. The van der Waals surface area contributed by atoms with E-state index in [0.717, 1.165) is 6.42 Å². The summed E-state index contributed by atoms with van der Waals surface area (Å²) in [5.41, 5.74) is 8.89. The van der Waals surface area contributed by atoms with Crippen LogP contribution in [0, 0.1) is 10.8 Å². The molecule has 1 fully saturated rings. The van der Waals surface area contributed by atoms with Gasteiger partial charge in [0.1, 0.15) is 0 Å². The molecule has 4 aromatic rings. The van der Waals surface area contributed by atoms with E-state index in [1.807, 2.05) is 0 Å². The van der Waals surface area contributed by atoms with Crippen LogP contribution < -0.4 is 4.90 Å². The highest BCUT2D eigenvalue weighted by Gasteiger charge is 2.64. The van der Waals surface area contributed by atoms with Crippen molar-refractivity contribution >= 4 is 28.4 Å². The van der Waals surface area contributed by atoms with Crippen molar-refractivity contribution in [3.8, 4) is 5.69 Å². The summed E-state index contributed by atoms with van der Waals surface area (Å²) in [4.78, 5) is 5.37. The fourth-order valence-corrected chi connectivity index (χ4v) is 10.5. The lowest BCUT2D eigenvalue weighted by Gasteiger charge is -2.46. The van der Waals surface area contributed by atoms with Gasteiger partial charge in [-0.2, -0.15) is 0 Å². The Morgan fingerprint density at radius 3 is 2.04 bits per heavy atom. The van der Waals surface area contributed by atoms with Crippen molar-refractivity contribution in [3.05, 3.63) is 169 Å². The molecule has 3 heterocycles. The van der Waals surface area contributed by atoms with E-state index >= 15 is 0 Å². The van der Waals surface area contributed by atoms with Crippen molar-refractivity contribution < 1.29 is 0 Å². The average molecular weight is 638 g/mol. The van der Waals surface area contributed by atoms with Crippen LogP contribution in [0.5, 0.6) is 0 Å². The molecule has 0 radical (unpaired) electrons. The minimum Gasteiger partial charge on any atom is -0.333 e. The van der Waals surface area contributed by atoms with Crippen molar-refractivity contribution in [2.45, 2.75) is 63.2 Å². The predicted molar refractivity (Wildman–Crippen MR) is 205 cm³/mol. The first kappa shape index (κ1) is 29.1.